The van der Waals surface area contributed by atoms with E-state index in [1.54, 1.807) is 12.3 Å². The Balaban J connectivity index is 1.72. The maximum absolute atomic E-state index is 10.9. The summed E-state index contributed by atoms with van der Waals surface area (Å²) < 4.78 is 0. The molecule has 0 atom stereocenters. The second-order valence-electron chi connectivity index (χ2n) is 5.79. The molecule has 0 saturated carbocycles. The SMILES string of the molecule is O=[N+]([O-])c1cc(N=Cc2ccc(N3CCCCC3)cc2)ccc1Cl. The minimum atomic E-state index is -0.505. The van der Waals surface area contributed by atoms with Crippen molar-refractivity contribution in [2.75, 3.05) is 18.0 Å². The fourth-order valence-corrected chi connectivity index (χ4v) is 2.98. The van der Waals surface area contributed by atoms with Crippen LogP contribution in [0.1, 0.15) is 24.8 Å². The Labute approximate surface area is 145 Å². The number of piperidine rings is 1. The highest BCUT2D eigenvalue weighted by Crippen LogP contribution is 2.28. The van der Waals surface area contributed by atoms with Crippen LogP contribution >= 0.6 is 11.6 Å². The molecule has 2 aromatic carbocycles. The summed E-state index contributed by atoms with van der Waals surface area (Å²) in [6.45, 7) is 2.23. The Morgan fingerprint density at radius 3 is 2.46 bits per heavy atom. The van der Waals surface area contributed by atoms with Gasteiger partial charge in [0.15, 0.2) is 0 Å². The van der Waals surface area contributed by atoms with E-state index in [2.05, 4.69) is 22.0 Å². The molecule has 1 heterocycles. The van der Waals surface area contributed by atoms with Crippen molar-refractivity contribution in [1.29, 1.82) is 0 Å². The highest BCUT2D eigenvalue weighted by molar-refractivity contribution is 6.32. The third kappa shape index (κ3) is 3.92. The minimum Gasteiger partial charge on any atom is -0.372 e. The normalized spacial score (nSPS) is 15.0. The van der Waals surface area contributed by atoms with Gasteiger partial charge in [0, 0.05) is 31.1 Å². The van der Waals surface area contributed by atoms with Gasteiger partial charge in [-0.1, -0.05) is 23.7 Å². The van der Waals surface area contributed by atoms with E-state index in [1.165, 1.54) is 37.1 Å². The van der Waals surface area contributed by atoms with Crippen LogP contribution in [0.5, 0.6) is 0 Å². The molecular weight excluding hydrogens is 326 g/mol. The molecule has 0 radical (unpaired) electrons. The lowest BCUT2D eigenvalue weighted by Crippen LogP contribution is -2.29. The molecule has 1 aliphatic rings. The number of aliphatic imine (C=N–C) groups is 1. The molecule has 0 spiro atoms. The third-order valence-corrected chi connectivity index (χ3v) is 4.42. The van der Waals surface area contributed by atoms with E-state index >= 15 is 0 Å². The molecule has 5 nitrogen and oxygen atoms in total. The molecule has 0 aromatic heterocycles. The van der Waals surface area contributed by atoms with E-state index < -0.39 is 4.92 Å². The predicted octanol–water partition coefficient (Wildman–Crippen LogP) is 4.99. The number of hydrogen-bond donors (Lipinski definition) is 0. The first-order valence-corrected chi connectivity index (χ1v) is 8.34. The van der Waals surface area contributed by atoms with E-state index in [0.717, 1.165) is 18.7 Å². The first kappa shape index (κ1) is 16.5. The molecule has 2 aromatic rings. The monoisotopic (exact) mass is 343 g/mol. The van der Waals surface area contributed by atoms with E-state index in [0.29, 0.717) is 5.69 Å². The lowest BCUT2D eigenvalue weighted by atomic mass is 10.1. The van der Waals surface area contributed by atoms with Crippen molar-refractivity contribution in [1.82, 2.24) is 0 Å². The van der Waals surface area contributed by atoms with Crippen LogP contribution in [0, 0.1) is 10.1 Å². The average Bonchev–Trinajstić information content (AvgIpc) is 2.62. The number of anilines is 1. The Bertz CT molecular complexity index is 753. The van der Waals surface area contributed by atoms with Crippen LogP contribution in [-0.2, 0) is 0 Å². The second kappa shape index (κ2) is 7.45. The smallest absolute Gasteiger partial charge is 0.290 e. The predicted molar refractivity (Wildman–Crippen MR) is 97.9 cm³/mol. The van der Waals surface area contributed by atoms with Gasteiger partial charge in [-0.2, -0.15) is 0 Å². The molecule has 0 bridgehead atoms. The van der Waals surface area contributed by atoms with Crippen LogP contribution < -0.4 is 4.90 Å². The summed E-state index contributed by atoms with van der Waals surface area (Å²) in [4.78, 5) is 17.1. The third-order valence-electron chi connectivity index (χ3n) is 4.10. The molecule has 6 heteroatoms. The molecule has 124 valence electrons. The highest BCUT2D eigenvalue weighted by atomic mass is 35.5. The summed E-state index contributed by atoms with van der Waals surface area (Å²) >= 11 is 5.80. The van der Waals surface area contributed by atoms with Crippen LogP contribution in [0.2, 0.25) is 5.02 Å². The molecule has 0 unspecified atom stereocenters. The van der Waals surface area contributed by atoms with Gasteiger partial charge >= 0.3 is 0 Å². The number of halogens is 1. The van der Waals surface area contributed by atoms with Crippen LogP contribution in [0.25, 0.3) is 0 Å². The van der Waals surface area contributed by atoms with Gasteiger partial charge in [-0.15, -0.1) is 0 Å². The maximum Gasteiger partial charge on any atom is 0.290 e. The topological polar surface area (TPSA) is 58.7 Å². The summed E-state index contributed by atoms with van der Waals surface area (Å²) in [7, 11) is 0. The van der Waals surface area contributed by atoms with Crippen molar-refractivity contribution in [3.63, 3.8) is 0 Å². The number of hydrogen-bond acceptors (Lipinski definition) is 4. The van der Waals surface area contributed by atoms with Crippen molar-refractivity contribution < 1.29 is 4.92 Å². The molecule has 1 saturated heterocycles. The maximum atomic E-state index is 10.9. The lowest BCUT2D eigenvalue weighted by molar-refractivity contribution is -0.384. The van der Waals surface area contributed by atoms with Crippen LogP contribution in [-0.4, -0.2) is 24.2 Å². The summed E-state index contributed by atoms with van der Waals surface area (Å²) in [5.41, 5.74) is 2.56. The number of rotatable bonds is 4. The Kier molecular flexibility index (Phi) is 5.11. The van der Waals surface area contributed by atoms with Crippen molar-refractivity contribution in [2.45, 2.75) is 19.3 Å². The molecule has 0 aliphatic carbocycles. The highest BCUT2D eigenvalue weighted by Gasteiger charge is 2.12. The van der Waals surface area contributed by atoms with Gasteiger partial charge in [0.25, 0.3) is 5.69 Å². The Hall–Kier alpha value is -2.40. The van der Waals surface area contributed by atoms with E-state index in [1.807, 2.05) is 12.1 Å². The molecule has 1 fully saturated rings. The van der Waals surface area contributed by atoms with Gasteiger partial charge in [0.2, 0.25) is 0 Å². The molecule has 1 aliphatic heterocycles. The van der Waals surface area contributed by atoms with Crippen molar-refractivity contribution in [3.05, 3.63) is 63.2 Å². The summed E-state index contributed by atoms with van der Waals surface area (Å²) in [6, 6.07) is 12.7. The lowest BCUT2D eigenvalue weighted by Gasteiger charge is -2.28. The minimum absolute atomic E-state index is 0.116. The molecule has 0 amide bonds. The van der Waals surface area contributed by atoms with E-state index in [-0.39, 0.29) is 10.7 Å². The van der Waals surface area contributed by atoms with Crippen LogP contribution in [0.4, 0.5) is 17.1 Å². The molecule has 24 heavy (non-hydrogen) atoms. The van der Waals surface area contributed by atoms with Crippen LogP contribution in [0.15, 0.2) is 47.5 Å². The van der Waals surface area contributed by atoms with Crippen molar-refractivity contribution >= 4 is 34.9 Å². The zero-order valence-electron chi connectivity index (χ0n) is 13.2. The van der Waals surface area contributed by atoms with E-state index in [4.69, 9.17) is 11.6 Å². The molecule has 0 N–H and O–H groups in total. The summed E-state index contributed by atoms with van der Waals surface area (Å²) in [5.74, 6) is 0. The van der Waals surface area contributed by atoms with Gasteiger partial charge in [-0.05, 0) is 49.1 Å². The fraction of sp³-hybridized carbons (Fsp3) is 0.278. The van der Waals surface area contributed by atoms with E-state index in [9.17, 15) is 10.1 Å². The quantitative estimate of drug-likeness (QED) is 0.446. The number of nitrogens with zero attached hydrogens (tertiary/aromatic N) is 3. The molecule has 3 rings (SSSR count). The molecular formula is C18H18ClN3O2. The first-order chi connectivity index (χ1) is 11.6. The van der Waals surface area contributed by atoms with Crippen LogP contribution in [0.3, 0.4) is 0 Å². The largest absolute Gasteiger partial charge is 0.372 e. The average molecular weight is 344 g/mol. The number of nitro benzene ring substituents is 1. The van der Waals surface area contributed by atoms with Gasteiger partial charge in [-0.25, -0.2) is 0 Å². The van der Waals surface area contributed by atoms with Gasteiger partial charge in [0.1, 0.15) is 5.02 Å². The standard InChI is InChI=1S/C18H18ClN3O2/c19-17-9-6-15(12-18(17)22(23)24)20-13-14-4-7-16(8-5-14)21-10-2-1-3-11-21/h4-9,12-13H,1-3,10-11H2. The fourth-order valence-electron chi connectivity index (χ4n) is 2.79. The zero-order chi connectivity index (χ0) is 16.9. The second-order valence-corrected chi connectivity index (χ2v) is 6.20. The Morgan fingerprint density at radius 2 is 1.79 bits per heavy atom. The van der Waals surface area contributed by atoms with Gasteiger partial charge < -0.3 is 4.90 Å². The number of benzene rings is 2. The van der Waals surface area contributed by atoms with Gasteiger partial charge in [-0.3, -0.25) is 15.1 Å². The van der Waals surface area contributed by atoms with Gasteiger partial charge in [0.05, 0.1) is 10.6 Å². The summed E-state index contributed by atoms with van der Waals surface area (Å²) in [6.07, 6.45) is 5.51. The zero-order valence-corrected chi connectivity index (χ0v) is 13.9. The van der Waals surface area contributed by atoms with Crippen molar-refractivity contribution in [3.8, 4) is 0 Å². The summed E-state index contributed by atoms with van der Waals surface area (Å²) in [5, 5.41) is 11.0. The Morgan fingerprint density at radius 1 is 1.08 bits per heavy atom. The first-order valence-electron chi connectivity index (χ1n) is 7.96. The van der Waals surface area contributed by atoms with Crippen molar-refractivity contribution in [2.24, 2.45) is 4.99 Å². The number of nitro groups is 1.